The van der Waals surface area contributed by atoms with Crippen molar-refractivity contribution < 1.29 is 4.92 Å². The quantitative estimate of drug-likeness (QED) is 0.657. The smallest absolute Gasteiger partial charge is 0.307 e. The molecule has 21 heavy (non-hydrogen) atoms. The van der Waals surface area contributed by atoms with E-state index in [1.54, 1.807) is 16.7 Å². The Hall–Kier alpha value is -2.15. The van der Waals surface area contributed by atoms with Crippen LogP contribution >= 0.6 is 11.3 Å². The molecular weight excluding hydrogens is 290 g/mol. The number of nitro benzene ring substituents is 1. The highest BCUT2D eigenvalue weighted by Crippen LogP contribution is 2.26. The summed E-state index contributed by atoms with van der Waals surface area (Å²) in [6.45, 7) is 4.96. The summed E-state index contributed by atoms with van der Waals surface area (Å²) in [6, 6.07) is 4.93. The van der Waals surface area contributed by atoms with Gasteiger partial charge in [-0.3, -0.25) is 19.5 Å². The van der Waals surface area contributed by atoms with E-state index in [0.717, 1.165) is 29.0 Å². The largest absolute Gasteiger partial charge is 0.379 e. The third kappa shape index (κ3) is 3.49. The zero-order valence-electron chi connectivity index (χ0n) is 12.0. The monoisotopic (exact) mass is 307 g/mol. The summed E-state index contributed by atoms with van der Waals surface area (Å²) in [5, 5.41) is 15.9. The normalized spacial score (nSPS) is 10.6. The van der Waals surface area contributed by atoms with Crippen LogP contribution in [-0.2, 0) is 6.54 Å². The molecule has 0 unspecified atom stereocenters. The van der Waals surface area contributed by atoms with E-state index in [9.17, 15) is 14.9 Å². The Labute approximate surface area is 126 Å². The van der Waals surface area contributed by atoms with Crippen molar-refractivity contribution in [2.45, 2.75) is 26.8 Å². The highest BCUT2D eigenvalue weighted by molar-refractivity contribution is 7.07. The molecule has 0 aliphatic carbocycles. The number of hydrogen-bond acceptors (Lipinski definition) is 5. The molecule has 0 bridgehead atoms. The number of nitrogens with one attached hydrogen (secondary N) is 1. The molecule has 1 N–H and O–H groups in total. The van der Waals surface area contributed by atoms with Gasteiger partial charge in [-0.1, -0.05) is 24.3 Å². The van der Waals surface area contributed by atoms with E-state index in [-0.39, 0.29) is 10.6 Å². The van der Waals surface area contributed by atoms with Crippen LogP contribution in [0.15, 0.2) is 28.4 Å². The highest BCUT2D eigenvalue weighted by atomic mass is 32.1. The average molecular weight is 307 g/mol. The van der Waals surface area contributed by atoms with Gasteiger partial charge in [0.25, 0.3) is 5.69 Å². The van der Waals surface area contributed by atoms with Crippen LogP contribution in [0.2, 0.25) is 0 Å². The Morgan fingerprint density at radius 1 is 1.43 bits per heavy atom. The predicted molar refractivity (Wildman–Crippen MR) is 84.3 cm³/mol. The van der Waals surface area contributed by atoms with Crippen molar-refractivity contribution in [2.24, 2.45) is 0 Å². The molecule has 2 aromatic rings. The van der Waals surface area contributed by atoms with Crippen molar-refractivity contribution in [3.63, 3.8) is 0 Å². The molecule has 2 rings (SSSR count). The van der Waals surface area contributed by atoms with Gasteiger partial charge in [0, 0.05) is 23.7 Å². The SMILES string of the molecule is CCCNc1cc(Cn2c(C)csc2=O)ccc1[N+](=O)[O-]. The molecule has 0 aliphatic heterocycles. The van der Waals surface area contributed by atoms with Gasteiger partial charge in [-0.05, 0) is 25.0 Å². The van der Waals surface area contributed by atoms with Crippen LogP contribution in [0, 0.1) is 17.0 Å². The molecule has 7 heteroatoms. The van der Waals surface area contributed by atoms with Crippen LogP contribution in [0.1, 0.15) is 24.6 Å². The minimum absolute atomic E-state index is 0.0195. The number of benzene rings is 1. The van der Waals surface area contributed by atoms with Gasteiger partial charge in [-0.2, -0.15) is 0 Å². The summed E-state index contributed by atoms with van der Waals surface area (Å²) < 4.78 is 1.66. The standard InChI is InChI=1S/C14H17N3O3S/c1-3-6-15-12-7-11(4-5-13(12)17(19)20)8-16-10(2)9-21-14(16)18/h4-5,7,9,15H,3,6,8H2,1-2H3. The molecule has 6 nitrogen and oxygen atoms in total. The van der Waals surface area contributed by atoms with Gasteiger partial charge >= 0.3 is 4.87 Å². The maximum Gasteiger partial charge on any atom is 0.307 e. The fourth-order valence-electron chi connectivity index (χ4n) is 2.02. The summed E-state index contributed by atoms with van der Waals surface area (Å²) >= 11 is 1.16. The van der Waals surface area contributed by atoms with Crippen molar-refractivity contribution in [1.82, 2.24) is 4.57 Å². The molecule has 0 saturated carbocycles. The van der Waals surface area contributed by atoms with Crippen molar-refractivity contribution >= 4 is 22.7 Å². The van der Waals surface area contributed by atoms with E-state index in [2.05, 4.69) is 5.32 Å². The molecule has 0 radical (unpaired) electrons. The van der Waals surface area contributed by atoms with E-state index in [4.69, 9.17) is 0 Å². The highest BCUT2D eigenvalue weighted by Gasteiger charge is 2.14. The van der Waals surface area contributed by atoms with Crippen molar-refractivity contribution in [3.05, 3.63) is 54.6 Å². The first kappa shape index (κ1) is 15.2. The summed E-state index contributed by atoms with van der Waals surface area (Å²) in [4.78, 5) is 22.3. The van der Waals surface area contributed by atoms with Gasteiger partial charge in [-0.15, -0.1) is 0 Å². The molecule has 0 fully saturated rings. The summed E-state index contributed by atoms with van der Waals surface area (Å²) in [5.41, 5.74) is 2.32. The number of aromatic nitrogens is 1. The molecule has 0 amide bonds. The van der Waals surface area contributed by atoms with E-state index >= 15 is 0 Å². The molecule has 0 spiro atoms. The Balaban J connectivity index is 2.33. The molecule has 0 atom stereocenters. The van der Waals surface area contributed by atoms with Crippen molar-refractivity contribution in [3.8, 4) is 0 Å². The van der Waals surface area contributed by atoms with Gasteiger partial charge in [0.15, 0.2) is 0 Å². The van der Waals surface area contributed by atoms with Crippen LogP contribution in [0.3, 0.4) is 0 Å². The maximum atomic E-state index is 11.7. The lowest BCUT2D eigenvalue weighted by atomic mass is 10.1. The molecule has 1 aromatic heterocycles. The lowest BCUT2D eigenvalue weighted by Gasteiger charge is -2.09. The van der Waals surface area contributed by atoms with Gasteiger partial charge in [0.05, 0.1) is 11.5 Å². The number of rotatable bonds is 6. The van der Waals surface area contributed by atoms with Crippen molar-refractivity contribution in [1.29, 1.82) is 0 Å². The lowest BCUT2D eigenvalue weighted by molar-refractivity contribution is -0.384. The van der Waals surface area contributed by atoms with Crippen LogP contribution in [0.5, 0.6) is 0 Å². The molecule has 0 aliphatic rings. The summed E-state index contributed by atoms with van der Waals surface area (Å²) in [7, 11) is 0. The molecule has 112 valence electrons. The molecule has 1 heterocycles. The van der Waals surface area contributed by atoms with Crippen LogP contribution in [0.25, 0.3) is 0 Å². The Morgan fingerprint density at radius 3 is 2.76 bits per heavy atom. The Bertz CT molecular complexity index is 706. The van der Waals surface area contributed by atoms with E-state index in [0.29, 0.717) is 18.8 Å². The number of aryl methyl sites for hydroxylation is 1. The number of hydrogen-bond donors (Lipinski definition) is 1. The molecule has 1 aromatic carbocycles. The van der Waals surface area contributed by atoms with Crippen LogP contribution in [0.4, 0.5) is 11.4 Å². The number of anilines is 1. The maximum absolute atomic E-state index is 11.7. The zero-order valence-corrected chi connectivity index (χ0v) is 12.8. The fraction of sp³-hybridized carbons (Fsp3) is 0.357. The summed E-state index contributed by atoms with van der Waals surface area (Å²) in [5.74, 6) is 0. The first-order valence-electron chi connectivity index (χ1n) is 6.69. The third-order valence-electron chi connectivity index (χ3n) is 3.14. The van der Waals surface area contributed by atoms with Gasteiger partial charge in [-0.25, -0.2) is 0 Å². The topological polar surface area (TPSA) is 77.2 Å². The molecular formula is C14H17N3O3S. The van der Waals surface area contributed by atoms with E-state index < -0.39 is 4.92 Å². The average Bonchev–Trinajstić information content (AvgIpc) is 2.77. The number of nitro groups is 1. The molecule has 0 saturated heterocycles. The first-order chi connectivity index (χ1) is 10.0. The van der Waals surface area contributed by atoms with Gasteiger partial charge in [0.2, 0.25) is 0 Å². The first-order valence-corrected chi connectivity index (χ1v) is 7.57. The third-order valence-corrected chi connectivity index (χ3v) is 4.02. The van der Waals surface area contributed by atoms with Gasteiger partial charge in [0.1, 0.15) is 5.69 Å². The minimum atomic E-state index is -0.399. The second-order valence-corrected chi connectivity index (χ2v) is 5.59. The second-order valence-electron chi connectivity index (χ2n) is 4.76. The van der Waals surface area contributed by atoms with Crippen LogP contribution in [-0.4, -0.2) is 16.0 Å². The fourth-order valence-corrected chi connectivity index (χ4v) is 2.76. The number of nitrogens with zero attached hydrogens (tertiary/aromatic N) is 2. The zero-order chi connectivity index (χ0) is 15.4. The Morgan fingerprint density at radius 2 is 2.19 bits per heavy atom. The Kier molecular flexibility index (Phi) is 4.74. The van der Waals surface area contributed by atoms with Crippen LogP contribution < -0.4 is 10.2 Å². The number of thiazole rings is 1. The minimum Gasteiger partial charge on any atom is -0.379 e. The summed E-state index contributed by atoms with van der Waals surface area (Å²) in [6.07, 6.45) is 0.879. The van der Waals surface area contributed by atoms with E-state index in [1.165, 1.54) is 6.07 Å². The van der Waals surface area contributed by atoms with Gasteiger partial charge < -0.3 is 5.32 Å². The second kappa shape index (κ2) is 6.53. The van der Waals surface area contributed by atoms with Crippen molar-refractivity contribution in [2.75, 3.05) is 11.9 Å². The predicted octanol–water partition coefficient (Wildman–Crippen LogP) is 3.00. The lowest BCUT2D eigenvalue weighted by Crippen LogP contribution is -2.15. The van der Waals surface area contributed by atoms with E-state index in [1.807, 2.05) is 19.2 Å².